The van der Waals surface area contributed by atoms with Crippen molar-refractivity contribution in [2.75, 3.05) is 0 Å². The van der Waals surface area contributed by atoms with Crippen LogP contribution in [0.2, 0.25) is 0 Å². The molecular formula is C18H19N3O2. The van der Waals surface area contributed by atoms with E-state index in [0.29, 0.717) is 5.57 Å². The number of nitrogens with zero attached hydrogens (tertiary/aromatic N) is 1. The lowest BCUT2D eigenvalue weighted by Crippen LogP contribution is -2.24. The van der Waals surface area contributed by atoms with Gasteiger partial charge < -0.3 is 16.6 Å². The van der Waals surface area contributed by atoms with Crippen molar-refractivity contribution in [3.8, 4) is 16.9 Å². The average Bonchev–Trinajstić information content (AvgIpc) is 2.48. The number of carbonyl (C=O) groups is 1. The molecular weight excluding hydrogens is 290 g/mol. The first-order valence-electron chi connectivity index (χ1n) is 7.09. The molecule has 0 aliphatic heterocycles. The van der Waals surface area contributed by atoms with Crippen LogP contribution in [0, 0.1) is 6.92 Å². The van der Waals surface area contributed by atoms with E-state index < -0.39 is 5.91 Å². The van der Waals surface area contributed by atoms with E-state index in [1.54, 1.807) is 31.2 Å². The summed E-state index contributed by atoms with van der Waals surface area (Å²) in [6, 6.07) is 12.8. The summed E-state index contributed by atoms with van der Waals surface area (Å²) in [6.07, 6.45) is 1.73. The Balaban J connectivity index is 2.52. The van der Waals surface area contributed by atoms with E-state index in [9.17, 15) is 9.90 Å². The number of guanidine groups is 1. The Morgan fingerprint density at radius 3 is 2.57 bits per heavy atom. The topological polar surface area (TPSA) is 102 Å². The van der Waals surface area contributed by atoms with Gasteiger partial charge in [-0.2, -0.15) is 4.99 Å². The van der Waals surface area contributed by atoms with Crippen LogP contribution in [0.1, 0.15) is 18.1 Å². The molecule has 0 unspecified atom stereocenters. The summed E-state index contributed by atoms with van der Waals surface area (Å²) in [5.41, 5.74) is 14.6. The zero-order valence-electron chi connectivity index (χ0n) is 13.1. The largest absolute Gasteiger partial charge is 0.508 e. The third-order valence-corrected chi connectivity index (χ3v) is 3.31. The number of hydrogen-bond acceptors (Lipinski definition) is 2. The average molecular weight is 309 g/mol. The van der Waals surface area contributed by atoms with Crippen LogP contribution in [0.25, 0.3) is 17.2 Å². The standard InChI is InChI=1S/C18H19N3O2/c1-11-6-7-14(9-12(2)17(23)21-18(19)20)16(8-11)13-4-3-5-15(22)10-13/h3-10,22H,1-2H3,(H4,19,20,21,23). The Kier molecular flexibility index (Phi) is 4.81. The predicted molar refractivity (Wildman–Crippen MR) is 92.7 cm³/mol. The Bertz CT molecular complexity index is 804. The van der Waals surface area contributed by atoms with Gasteiger partial charge >= 0.3 is 0 Å². The van der Waals surface area contributed by atoms with Crippen molar-refractivity contribution in [2.24, 2.45) is 16.5 Å². The normalized spacial score (nSPS) is 11.1. The highest BCUT2D eigenvalue weighted by molar-refractivity contribution is 6.04. The molecule has 0 saturated carbocycles. The zero-order valence-corrected chi connectivity index (χ0v) is 13.1. The minimum Gasteiger partial charge on any atom is -0.508 e. The Labute approximate surface area is 135 Å². The molecule has 0 fully saturated rings. The van der Waals surface area contributed by atoms with Gasteiger partial charge in [-0.25, -0.2) is 0 Å². The quantitative estimate of drug-likeness (QED) is 0.460. The molecule has 0 atom stereocenters. The second-order valence-corrected chi connectivity index (χ2v) is 5.31. The SMILES string of the molecule is CC(=Cc1ccc(C)cc1-c1cccc(O)c1)C(=O)N=C(N)N. The number of amides is 1. The highest BCUT2D eigenvalue weighted by atomic mass is 16.3. The fourth-order valence-corrected chi connectivity index (χ4v) is 2.22. The van der Waals surface area contributed by atoms with Gasteiger partial charge in [-0.3, -0.25) is 4.79 Å². The number of phenolic OH excluding ortho intramolecular Hbond substituents is 1. The van der Waals surface area contributed by atoms with E-state index in [4.69, 9.17) is 11.5 Å². The Morgan fingerprint density at radius 1 is 1.17 bits per heavy atom. The monoisotopic (exact) mass is 309 g/mol. The molecule has 5 nitrogen and oxygen atoms in total. The van der Waals surface area contributed by atoms with Crippen LogP contribution in [-0.4, -0.2) is 17.0 Å². The molecule has 5 N–H and O–H groups in total. The van der Waals surface area contributed by atoms with Gasteiger partial charge in [0.05, 0.1) is 0 Å². The number of hydrogen-bond donors (Lipinski definition) is 3. The van der Waals surface area contributed by atoms with Gasteiger partial charge in [0.25, 0.3) is 5.91 Å². The molecule has 0 aliphatic rings. The van der Waals surface area contributed by atoms with E-state index >= 15 is 0 Å². The first kappa shape index (κ1) is 16.3. The Hall–Kier alpha value is -3.08. The van der Waals surface area contributed by atoms with Gasteiger partial charge in [0, 0.05) is 5.57 Å². The number of phenols is 1. The smallest absolute Gasteiger partial charge is 0.275 e. The summed E-state index contributed by atoms with van der Waals surface area (Å²) >= 11 is 0. The minimum absolute atomic E-state index is 0.187. The predicted octanol–water partition coefficient (Wildman–Crippen LogP) is 2.57. The molecule has 0 bridgehead atoms. The first-order chi connectivity index (χ1) is 10.9. The second kappa shape index (κ2) is 6.79. The summed E-state index contributed by atoms with van der Waals surface area (Å²) in [7, 11) is 0. The molecule has 0 heterocycles. The highest BCUT2D eigenvalue weighted by Gasteiger charge is 2.08. The van der Waals surface area contributed by atoms with Crippen LogP contribution >= 0.6 is 0 Å². The maximum atomic E-state index is 11.9. The van der Waals surface area contributed by atoms with Crippen molar-refractivity contribution in [3.63, 3.8) is 0 Å². The number of aryl methyl sites for hydroxylation is 1. The van der Waals surface area contributed by atoms with Gasteiger partial charge in [0.2, 0.25) is 0 Å². The molecule has 0 saturated heterocycles. The van der Waals surface area contributed by atoms with Crippen LogP contribution in [0.15, 0.2) is 53.0 Å². The number of aromatic hydroxyl groups is 1. The third-order valence-electron chi connectivity index (χ3n) is 3.31. The van der Waals surface area contributed by atoms with Crippen molar-refractivity contribution >= 4 is 17.9 Å². The van der Waals surface area contributed by atoms with Crippen molar-refractivity contribution < 1.29 is 9.90 Å². The van der Waals surface area contributed by atoms with Gasteiger partial charge in [0.15, 0.2) is 5.96 Å². The number of nitrogens with two attached hydrogens (primary N) is 2. The minimum atomic E-state index is -0.479. The van der Waals surface area contributed by atoms with E-state index in [-0.39, 0.29) is 11.7 Å². The fourth-order valence-electron chi connectivity index (χ4n) is 2.22. The number of aliphatic imine (C=N–C) groups is 1. The molecule has 2 aromatic carbocycles. The highest BCUT2D eigenvalue weighted by Crippen LogP contribution is 2.29. The fraction of sp³-hybridized carbons (Fsp3) is 0.111. The zero-order chi connectivity index (χ0) is 17.0. The van der Waals surface area contributed by atoms with Crippen LogP contribution in [0.4, 0.5) is 0 Å². The molecule has 1 amide bonds. The number of benzene rings is 2. The lowest BCUT2D eigenvalue weighted by Gasteiger charge is -2.09. The summed E-state index contributed by atoms with van der Waals surface area (Å²) in [6.45, 7) is 3.64. The lowest BCUT2D eigenvalue weighted by atomic mass is 9.96. The van der Waals surface area contributed by atoms with Gasteiger partial charge in [-0.15, -0.1) is 0 Å². The number of rotatable bonds is 3. The van der Waals surface area contributed by atoms with Crippen LogP contribution < -0.4 is 11.5 Å². The summed E-state index contributed by atoms with van der Waals surface area (Å²) < 4.78 is 0. The molecule has 0 radical (unpaired) electrons. The molecule has 0 spiro atoms. The van der Waals surface area contributed by atoms with E-state index in [1.165, 1.54) is 0 Å². The third kappa shape index (κ3) is 4.20. The molecule has 0 aromatic heterocycles. The van der Waals surface area contributed by atoms with Crippen LogP contribution in [-0.2, 0) is 4.79 Å². The lowest BCUT2D eigenvalue weighted by molar-refractivity contribution is -0.114. The molecule has 2 aromatic rings. The van der Waals surface area contributed by atoms with Gasteiger partial charge in [0.1, 0.15) is 5.75 Å². The molecule has 2 rings (SSSR count). The van der Waals surface area contributed by atoms with Crippen LogP contribution in [0.5, 0.6) is 5.75 Å². The summed E-state index contributed by atoms with van der Waals surface area (Å²) in [5.74, 6) is -0.556. The van der Waals surface area contributed by atoms with E-state index in [2.05, 4.69) is 4.99 Å². The molecule has 5 heteroatoms. The molecule has 23 heavy (non-hydrogen) atoms. The van der Waals surface area contributed by atoms with E-state index in [0.717, 1.165) is 22.3 Å². The summed E-state index contributed by atoms with van der Waals surface area (Å²) in [4.78, 5) is 15.4. The van der Waals surface area contributed by atoms with Crippen molar-refractivity contribution in [1.29, 1.82) is 0 Å². The maximum absolute atomic E-state index is 11.9. The Morgan fingerprint density at radius 2 is 1.91 bits per heavy atom. The second-order valence-electron chi connectivity index (χ2n) is 5.31. The maximum Gasteiger partial charge on any atom is 0.275 e. The van der Waals surface area contributed by atoms with E-state index in [1.807, 2.05) is 31.2 Å². The van der Waals surface area contributed by atoms with Crippen molar-refractivity contribution in [1.82, 2.24) is 0 Å². The molecule has 0 aliphatic carbocycles. The molecule has 118 valence electrons. The van der Waals surface area contributed by atoms with Crippen LogP contribution in [0.3, 0.4) is 0 Å². The van der Waals surface area contributed by atoms with Gasteiger partial charge in [-0.05, 0) is 48.7 Å². The summed E-state index contributed by atoms with van der Waals surface area (Å²) in [5, 5.41) is 9.69. The van der Waals surface area contributed by atoms with Crippen molar-refractivity contribution in [2.45, 2.75) is 13.8 Å². The number of carbonyl (C=O) groups excluding carboxylic acids is 1. The van der Waals surface area contributed by atoms with Gasteiger partial charge in [-0.1, -0.05) is 35.9 Å². The first-order valence-corrected chi connectivity index (χ1v) is 7.09. The van der Waals surface area contributed by atoms with Crippen molar-refractivity contribution in [3.05, 3.63) is 59.2 Å².